The Morgan fingerprint density at radius 2 is 2.04 bits per heavy atom. The fraction of sp³-hybridized carbons (Fsp3) is 0.250. The van der Waals surface area contributed by atoms with Crippen LogP contribution < -0.4 is 5.32 Å². The number of pyridine rings is 1. The fourth-order valence-corrected chi connectivity index (χ4v) is 3.46. The van der Waals surface area contributed by atoms with Crippen LogP contribution in [0.4, 0.5) is 0 Å². The lowest BCUT2D eigenvalue weighted by Crippen LogP contribution is -2.27. The lowest BCUT2D eigenvalue weighted by atomic mass is 10.1. The minimum absolute atomic E-state index is 0.0828. The summed E-state index contributed by atoms with van der Waals surface area (Å²) < 4.78 is 1.78. The predicted octanol–water partition coefficient (Wildman–Crippen LogP) is 3.30. The normalized spacial score (nSPS) is 15.8. The molecule has 25 heavy (non-hydrogen) atoms. The predicted molar refractivity (Wildman–Crippen MR) is 95.8 cm³/mol. The topological polar surface area (TPSA) is 59.8 Å². The summed E-state index contributed by atoms with van der Waals surface area (Å²) in [4.78, 5) is 17.0. The number of rotatable bonds is 3. The Morgan fingerprint density at radius 3 is 2.76 bits per heavy atom. The average molecular weight is 332 g/mol. The number of nitrogens with zero attached hydrogens (tertiary/aromatic N) is 3. The first-order chi connectivity index (χ1) is 12.1. The minimum Gasteiger partial charge on any atom is -0.345 e. The molecule has 0 radical (unpaired) electrons. The van der Waals surface area contributed by atoms with E-state index in [-0.39, 0.29) is 11.9 Å². The second kappa shape index (κ2) is 6.16. The molecule has 2 heterocycles. The number of carbonyl (C=O) groups is 1. The molecule has 1 atom stereocenters. The van der Waals surface area contributed by atoms with Crippen LogP contribution in [0.1, 0.15) is 45.3 Å². The minimum atomic E-state index is -0.0888. The van der Waals surface area contributed by atoms with Crippen LogP contribution >= 0.6 is 0 Å². The number of hydrogen-bond donors (Lipinski definition) is 1. The van der Waals surface area contributed by atoms with Crippen LogP contribution in [0.2, 0.25) is 0 Å². The van der Waals surface area contributed by atoms with E-state index in [4.69, 9.17) is 0 Å². The van der Waals surface area contributed by atoms with Crippen molar-refractivity contribution in [1.82, 2.24) is 20.1 Å². The lowest BCUT2D eigenvalue weighted by molar-refractivity contribution is 0.0936. The molecule has 1 aliphatic rings. The van der Waals surface area contributed by atoms with Crippen molar-refractivity contribution in [3.8, 4) is 5.82 Å². The van der Waals surface area contributed by atoms with Crippen molar-refractivity contribution >= 4 is 5.91 Å². The number of nitrogens with one attached hydrogen (secondary N) is 1. The summed E-state index contributed by atoms with van der Waals surface area (Å²) in [6, 6.07) is 14.0. The van der Waals surface area contributed by atoms with Gasteiger partial charge in [0, 0.05) is 11.9 Å². The molecule has 0 bridgehead atoms. The van der Waals surface area contributed by atoms with Gasteiger partial charge in [0.05, 0.1) is 17.3 Å². The third-order valence-electron chi connectivity index (χ3n) is 4.67. The van der Waals surface area contributed by atoms with Crippen molar-refractivity contribution in [2.24, 2.45) is 0 Å². The Morgan fingerprint density at radius 1 is 1.20 bits per heavy atom. The highest BCUT2D eigenvalue weighted by atomic mass is 16.1. The molecule has 0 fully saturated rings. The third kappa shape index (κ3) is 2.93. The van der Waals surface area contributed by atoms with Gasteiger partial charge in [0.1, 0.15) is 0 Å². The Labute approximate surface area is 146 Å². The zero-order valence-electron chi connectivity index (χ0n) is 14.4. The average Bonchev–Trinajstić information content (AvgIpc) is 3.18. The number of hydrogen-bond acceptors (Lipinski definition) is 3. The molecule has 1 aromatic carbocycles. The summed E-state index contributed by atoms with van der Waals surface area (Å²) in [5.74, 6) is 0.627. The van der Waals surface area contributed by atoms with E-state index in [9.17, 15) is 4.79 Å². The summed E-state index contributed by atoms with van der Waals surface area (Å²) in [5.41, 5.74) is 5.08. The lowest BCUT2D eigenvalue weighted by Gasteiger charge is -2.14. The molecule has 0 aliphatic heterocycles. The summed E-state index contributed by atoms with van der Waals surface area (Å²) in [7, 11) is 0. The molecule has 1 aliphatic carbocycles. The van der Waals surface area contributed by atoms with Gasteiger partial charge in [-0.1, -0.05) is 24.3 Å². The second-order valence-corrected chi connectivity index (χ2v) is 6.51. The van der Waals surface area contributed by atoms with Gasteiger partial charge >= 0.3 is 0 Å². The Kier molecular flexibility index (Phi) is 3.84. The summed E-state index contributed by atoms with van der Waals surface area (Å²) >= 11 is 0. The molecule has 5 nitrogen and oxygen atoms in total. The van der Waals surface area contributed by atoms with Crippen LogP contribution in [0.15, 0.2) is 48.7 Å². The fourth-order valence-electron chi connectivity index (χ4n) is 3.46. The quantitative estimate of drug-likeness (QED) is 0.800. The van der Waals surface area contributed by atoms with Crippen molar-refractivity contribution in [2.45, 2.75) is 32.7 Å². The van der Waals surface area contributed by atoms with Gasteiger partial charge in [0.15, 0.2) is 5.82 Å². The first-order valence-electron chi connectivity index (χ1n) is 8.50. The number of aryl methyl sites for hydroxylation is 3. The molecule has 0 saturated carbocycles. The van der Waals surface area contributed by atoms with Crippen LogP contribution in [0.3, 0.4) is 0 Å². The van der Waals surface area contributed by atoms with Crippen LogP contribution in [0.25, 0.3) is 5.82 Å². The first kappa shape index (κ1) is 15.6. The van der Waals surface area contributed by atoms with Crippen molar-refractivity contribution in [3.63, 3.8) is 0 Å². The number of aromatic nitrogens is 3. The highest BCUT2D eigenvalue weighted by Crippen LogP contribution is 2.30. The molecule has 4 rings (SSSR count). The highest BCUT2D eigenvalue weighted by molar-refractivity contribution is 5.94. The summed E-state index contributed by atoms with van der Waals surface area (Å²) in [6.07, 6.45) is 3.57. The molecule has 5 heteroatoms. The van der Waals surface area contributed by atoms with E-state index in [0.29, 0.717) is 11.4 Å². The van der Waals surface area contributed by atoms with E-state index in [0.717, 1.165) is 24.2 Å². The summed E-state index contributed by atoms with van der Waals surface area (Å²) in [6.45, 7) is 3.94. The van der Waals surface area contributed by atoms with E-state index in [2.05, 4.69) is 27.5 Å². The van der Waals surface area contributed by atoms with Crippen LogP contribution in [0.5, 0.6) is 0 Å². The number of fused-ring (bicyclic) bond motifs is 1. The van der Waals surface area contributed by atoms with Gasteiger partial charge in [-0.25, -0.2) is 9.67 Å². The Balaban J connectivity index is 1.51. The van der Waals surface area contributed by atoms with E-state index >= 15 is 0 Å². The van der Waals surface area contributed by atoms with Crippen LogP contribution in [0, 0.1) is 13.8 Å². The van der Waals surface area contributed by atoms with Crippen molar-refractivity contribution in [3.05, 3.63) is 76.7 Å². The molecular weight excluding hydrogens is 312 g/mol. The van der Waals surface area contributed by atoms with Crippen LogP contribution in [-0.2, 0) is 6.42 Å². The van der Waals surface area contributed by atoms with E-state index < -0.39 is 0 Å². The smallest absolute Gasteiger partial charge is 0.253 e. The second-order valence-electron chi connectivity index (χ2n) is 6.51. The summed E-state index contributed by atoms with van der Waals surface area (Å²) in [5, 5.41) is 7.54. The number of carbonyl (C=O) groups excluding carboxylic acids is 1. The SMILES string of the molecule is Cc1cc(C)n(-c2ccc(C(=O)NC3CCc4ccccc43)cn2)n1. The van der Waals surface area contributed by atoms with Gasteiger partial charge in [-0.3, -0.25) is 4.79 Å². The first-order valence-corrected chi connectivity index (χ1v) is 8.50. The molecule has 1 amide bonds. The maximum atomic E-state index is 12.6. The zero-order chi connectivity index (χ0) is 17.4. The molecule has 0 spiro atoms. The van der Waals surface area contributed by atoms with E-state index in [1.165, 1.54) is 11.1 Å². The maximum Gasteiger partial charge on any atom is 0.253 e. The van der Waals surface area contributed by atoms with Crippen LogP contribution in [-0.4, -0.2) is 20.7 Å². The van der Waals surface area contributed by atoms with Gasteiger partial charge in [0.25, 0.3) is 5.91 Å². The Bertz CT molecular complexity index is 927. The standard InChI is InChI=1S/C20H20N4O/c1-13-11-14(2)24(23-13)19-10-8-16(12-21-19)20(25)22-18-9-7-15-5-3-4-6-17(15)18/h3-6,8,10-12,18H,7,9H2,1-2H3,(H,22,25). The third-order valence-corrected chi connectivity index (χ3v) is 4.67. The van der Waals surface area contributed by atoms with Gasteiger partial charge < -0.3 is 5.32 Å². The zero-order valence-corrected chi connectivity index (χ0v) is 14.4. The van der Waals surface area contributed by atoms with Crippen molar-refractivity contribution in [1.29, 1.82) is 0 Å². The van der Waals surface area contributed by atoms with E-state index in [1.54, 1.807) is 16.9 Å². The van der Waals surface area contributed by atoms with Crippen molar-refractivity contribution < 1.29 is 4.79 Å². The van der Waals surface area contributed by atoms with Gasteiger partial charge in [-0.15, -0.1) is 0 Å². The maximum absolute atomic E-state index is 12.6. The molecule has 1 unspecified atom stereocenters. The molecule has 0 saturated heterocycles. The monoisotopic (exact) mass is 332 g/mol. The highest BCUT2D eigenvalue weighted by Gasteiger charge is 2.23. The number of benzene rings is 1. The molecule has 3 aromatic rings. The molecule has 126 valence electrons. The van der Waals surface area contributed by atoms with Gasteiger partial charge in [-0.05, 0) is 56.0 Å². The Hall–Kier alpha value is -2.95. The van der Waals surface area contributed by atoms with Gasteiger partial charge in [0.2, 0.25) is 0 Å². The number of amides is 1. The largest absolute Gasteiger partial charge is 0.345 e. The molecule has 2 aromatic heterocycles. The van der Waals surface area contributed by atoms with E-state index in [1.807, 2.05) is 38.1 Å². The molecular formula is C20H20N4O. The molecule has 1 N–H and O–H groups in total. The van der Waals surface area contributed by atoms with Gasteiger partial charge in [-0.2, -0.15) is 5.10 Å². The van der Waals surface area contributed by atoms with Crippen molar-refractivity contribution in [2.75, 3.05) is 0 Å².